The van der Waals surface area contributed by atoms with Gasteiger partial charge in [0.2, 0.25) is 0 Å². The van der Waals surface area contributed by atoms with E-state index in [0.717, 1.165) is 25.7 Å². The normalized spacial score (nSPS) is 18.2. The molecule has 4 N–H and O–H groups in total. The van der Waals surface area contributed by atoms with Crippen LogP contribution in [0.4, 0.5) is 5.82 Å². The fraction of sp³-hybridized carbons (Fsp3) is 0.571. The Hall–Kier alpha value is -1.13. The summed E-state index contributed by atoms with van der Waals surface area (Å²) >= 11 is 5.88. The molecule has 2 rings (SSSR count). The second kappa shape index (κ2) is 5.88. The van der Waals surface area contributed by atoms with E-state index in [0.29, 0.717) is 23.6 Å². The fourth-order valence-corrected chi connectivity index (χ4v) is 3.02. The van der Waals surface area contributed by atoms with E-state index in [1.807, 2.05) is 0 Å². The van der Waals surface area contributed by atoms with Crippen LogP contribution >= 0.6 is 11.6 Å². The maximum Gasteiger partial charge on any atom is 0.167 e. The van der Waals surface area contributed by atoms with Gasteiger partial charge < -0.3 is 11.5 Å². The number of hydrogen-bond acceptors (Lipinski definition) is 4. The van der Waals surface area contributed by atoms with Gasteiger partial charge in [0.1, 0.15) is 5.82 Å². The van der Waals surface area contributed by atoms with Crippen molar-refractivity contribution in [2.45, 2.75) is 38.5 Å². The number of anilines is 1. The third-order valence-corrected chi connectivity index (χ3v) is 4.28. The molecule has 19 heavy (non-hydrogen) atoms. The van der Waals surface area contributed by atoms with E-state index in [2.05, 4.69) is 4.98 Å². The predicted octanol–water partition coefficient (Wildman–Crippen LogP) is 2.80. The molecule has 104 valence electrons. The van der Waals surface area contributed by atoms with Crippen LogP contribution in [-0.4, -0.2) is 17.3 Å². The van der Waals surface area contributed by atoms with Crippen LogP contribution in [0.3, 0.4) is 0 Å². The minimum atomic E-state index is -0.0654. The van der Waals surface area contributed by atoms with Gasteiger partial charge in [-0.15, -0.1) is 0 Å². The highest BCUT2D eigenvalue weighted by molar-refractivity contribution is 6.31. The smallest absolute Gasteiger partial charge is 0.167 e. The highest BCUT2D eigenvalue weighted by Gasteiger charge is 2.33. The van der Waals surface area contributed by atoms with E-state index in [-0.39, 0.29) is 17.0 Å². The molecule has 1 aromatic rings. The lowest BCUT2D eigenvalue weighted by Gasteiger charge is -2.35. The van der Waals surface area contributed by atoms with Crippen LogP contribution in [0.2, 0.25) is 5.02 Å². The first-order valence-corrected chi connectivity index (χ1v) is 7.08. The summed E-state index contributed by atoms with van der Waals surface area (Å²) in [4.78, 5) is 16.4. The van der Waals surface area contributed by atoms with Crippen molar-refractivity contribution >= 4 is 23.2 Å². The van der Waals surface area contributed by atoms with Crippen molar-refractivity contribution in [2.24, 2.45) is 11.1 Å². The summed E-state index contributed by atoms with van der Waals surface area (Å²) in [5.74, 6) is 0.247. The van der Waals surface area contributed by atoms with Gasteiger partial charge in [0.05, 0.1) is 10.6 Å². The van der Waals surface area contributed by atoms with Gasteiger partial charge >= 0.3 is 0 Å². The molecule has 0 amide bonds. The maximum absolute atomic E-state index is 12.4. The van der Waals surface area contributed by atoms with Crippen molar-refractivity contribution in [3.8, 4) is 0 Å². The standard InChI is InChI=1S/C14H20ClN3O/c15-10-6-11(13(17)18-8-10)12(19)7-14(9-16)4-2-1-3-5-14/h6,8H,1-5,7,9,16H2,(H2,17,18). The Morgan fingerprint density at radius 1 is 1.37 bits per heavy atom. The second-order valence-electron chi connectivity index (χ2n) is 5.45. The lowest BCUT2D eigenvalue weighted by molar-refractivity contribution is 0.0868. The highest BCUT2D eigenvalue weighted by Crippen LogP contribution is 2.39. The predicted molar refractivity (Wildman–Crippen MR) is 77.2 cm³/mol. The van der Waals surface area contributed by atoms with E-state index < -0.39 is 0 Å². The Bertz CT molecular complexity index is 470. The molecule has 0 bridgehead atoms. The number of halogens is 1. The molecule has 1 aliphatic carbocycles. The Labute approximate surface area is 118 Å². The summed E-state index contributed by atoms with van der Waals surface area (Å²) in [5.41, 5.74) is 12.0. The summed E-state index contributed by atoms with van der Waals surface area (Å²) in [5, 5.41) is 0.433. The second-order valence-corrected chi connectivity index (χ2v) is 5.89. The third kappa shape index (κ3) is 3.25. The number of nitrogens with zero attached hydrogens (tertiary/aromatic N) is 1. The van der Waals surface area contributed by atoms with Crippen molar-refractivity contribution in [1.29, 1.82) is 0 Å². The zero-order chi connectivity index (χ0) is 13.9. The summed E-state index contributed by atoms with van der Waals surface area (Å²) in [6, 6.07) is 1.60. The average molecular weight is 282 g/mol. The zero-order valence-electron chi connectivity index (χ0n) is 11.0. The topological polar surface area (TPSA) is 82.0 Å². The van der Waals surface area contributed by atoms with Crippen molar-refractivity contribution in [1.82, 2.24) is 4.98 Å². The summed E-state index contributed by atoms with van der Waals surface area (Å²) in [6.07, 6.45) is 7.45. The zero-order valence-corrected chi connectivity index (χ0v) is 11.7. The molecule has 0 radical (unpaired) electrons. The Kier molecular flexibility index (Phi) is 4.42. The molecular weight excluding hydrogens is 262 g/mol. The monoisotopic (exact) mass is 281 g/mol. The number of Topliss-reactive ketones (excluding diaryl/α,β-unsaturated/α-hetero) is 1. The molecule has 1 aliphatic rings. The number of pyridine rings is 1. The van der Waals surface area contributed by atoms with Gasteiger partial charge in [-0.05, 0) is 30.9 Å². The van der Waals surface area contributed by atoms with E-state index in [9.17, 15) is 4.79 Å². The minimum absolute atomic E-state index is 0.000139. The number of carbonyl (C=O) groups is 1. The molecule has 1 saturated carbocycles. The van der Waals surface area contributed by atoms with Crippen LogP contribution in [0.25, 0.3) is 0 Å². The number of carbonyl (C=O) groups excluding carboxylic acids is 1. The first-order chi connectivity index (χ1) is 9.06. The van der Waals surface area contributed by atoms with Gasteiger partial charge in [-0.2, -0.15) is 0 Å². The van der Waals surface area contributed by atoms with Crippen molar-refractivity contribution in [2.75, 3.05) is 12.3 Å². The van der Waals surface area contributed by atoms with Crippen molar-refractivity contribution in [3.63, 3.8) is 0 Å². The molecular formula is C14H20ClN3O. The van der Waals surface area contributed by atoms with E-state index in [1.54, 1.807) is 6.07 Å². The van der Waals surface area contributed by atoms with Gasteiger partial charge in [0.25, 0.3) is 0 Å². The van der Waals surface area contributed by atoms with Crippen LogP contribution in [0.1, 0.15) is 48.9 Å². The first kappa shape index (κ1) is 14.3. The van der Waals surface area contributed by atoms with Crippen LogP contribution in [-0.2, 0) is 0 Å². The lowest BCUT2D eigenvalue weighted by Crippen LogP contribution is -2.35. The SMILES string of the molecule is NCC1(CC(=O)c2cc(Cl)cnc2N)CCCCC1. The third-order valence-electron chi connectivity index (χ3n) is 4.07. The van der Waals surface area contributed by atoms with Gasteiger partial charge in [-0.3, -0.25) is 4.79 Å². The summed E-state index contributed by atoms with van der Waals surface area (Å²) in [7, 11) is 0. The van der Waals surface area contributed by atoms with Crippen LogP contribution in [0, 0.1) is 5.41 Å². The Morgan fingerprint density at radius 2 is 2.05 bits per heavy atom. The minimum Gasteiger partial charge on any atom is -0.383 e. The quantitative estimate of drug-likeness (QED) is 0.832. The largest absolute Gasteiger partial charge is 0.383 e. The van der Waals surface area contributed by atoms with Crippen LogP contribution in [0.15, 0.2) is 12.3 Å². The van der Waals surface area contributed by atoms with E-state index in [1.165, 1.54) is 12.6 Å². The summed E-state index contributed by atoms with van der Waals surface area (Å²) in [6.45, 7) is 0.548. The molecule has 4 nitrogen and oxygen atoms in total. The molecule has 0 atom stereocenters. The maximum atomic E-state index is 12.4. The molecule has 0 spiro atoms. The number of rotatable bonds is 4. The van der Waals surface area contributed by atoms with Gasteiger partial charge in [-0.25, -0.2) is 4.98 Å². The number of hydrogen-bond donors (Lipinski definition) is 2. The molecule has 1 fully saturated rings. The highest BCUT2D eigenvalue weighted by atomic mass is 35.5. The number of nitrogens with two attached hydrogens (primary N) is 2. The fourth-order valence-electron chi connectivity index (χ4n) is 2.86. The summed E-state index contributed by atoms with van der Waals surface area (Å²) < 4.78 is 0. The molecule has 0 saturated heterocycles. The van der Waals surface area contributed by atoms with Gasteiger partial charge in [0, 0.05) is 12.6 Å². The molecule has 0 aliphatic heterocycles. The molecule has 0 unspecified atom stereocenters. The number of ketones is 1. The Balaban J connectivity index is 2.17. The first-order valence-electron chi connectivity index (χ1n) is 6.71. The number of nitrogen functional groups attached to an aromatic ring is 1. The van der Waals surface area contributed by atoms with Crippen molar-refractivity contribution in [3.05, 3.63) is 22.8 Å². The number of aromatic nitrogens is 1. The van der Waals surface area contributed by atoms with Crippen LogP contribution < -0.4 is 11.5 Å². The van der Waals surface area contributed by atoms with Crippen LogP contribution in [0.5, 0.6) is 0 Å². The molecule has 1 heterocycles. The van der Waals surface area contributed by atoms with Gasteiger partial charge in [0.15, 0.2) is 5.78 Å². The van der Waals surface area contributed by atoms with Crippen molar-refractivity contribution < 1.29 is 4.79 Å². The van der Waals surface area contributed by atoms with E-state index in [4.69, 9.17) is 23.1 Å². The lowest BCUT2D eigenvalue weighted by atomic mass is 9.70. The molecule has 0 aromatic carbocycles. The van der Waals surface area contributed by atoms with E-state index >= 15 is 0 Å². The van der Waals surface area contributed by atoms with Gasteiger partial charge in [-0.1, -0.05) is 30.9 Å². The molecule has 1 aromatic heterocycles. The average Bonchev–Trinajstić information content (AvgIpc) is 2.42. The Morgan fingerprint density at radius 3 is 2.68 bits per heavy atom. The molecule has 5 heteroatoms.